The Morgan fingerprint density at radius 1 is 1.10 bits per heavy atom. The molecule has 0 atom stereocenters. The fourth-order valence-corrected chi connectivity index (χ4v) is 1.71. The SMILES string of the molecule is CC(C)(C)OC(=O)Nc1cc(C(C)(C)C)ccc1C(=O)O. The minimum absolute atomic E-state index is 0.0360. The summed E-state index contributed by atoms with van der Waals surface area (Å²) in [4.78, 5) is 23.1. The standard InChI is InChI=1S/C16H23NO4/c1-15(2,3)10-7-8-11(13(18)19)12(9-10)17-14(20)21-16(4,5)6/h7-9H,1-6H3,(H,17,20)(H,18,19). The zero-order chi connectivity index (χ0) is 16.4. The molecule has 1 rings (SSSR count). The highest BCUT2D eigenvalue weighted by Crippen LogP contribution is 2.27. The highest BCUT2D eigenvalue weighted by molar-refractivity contribution is 5.99. The Labute approximate surface area is 125 Å². The van der Waals surface area contributed by atoms with Crippen LogP contribution in [0.3, 0.4) is 0 Å². The first kappa shape index (κ1) is 17.0. The lowest BCUT2D eigenvalue weighted by Gasteiger charge is -2.22. The Hall–Kier alpha value is -2.04. The van der Waals surface area contributed by atoms with Gasteiger partial charge in [0.1, 0.15) is 5.60 Å². The quantitative estimate of drug-likeness (QED) is 0.863. The van der Waals surface area contributed by atoms with Crippen LogP contribution in [0.2, 0.25) is 0 Å². The zero-order valence-electron chi connectivity index (χ0n) is 13.4. The maximum absolute atomic E-state index is 11.8. The lowest BCUT2D eigenvalue weighted by Crippen LogP contribution is -2.28. The Morgan fingerprint density at radius 2 is 1.67 bits per heavy atom. The molecule has 5 nitrogen and oxygen atoms in total. The Balaban J connectivity index is 3.13. The summed E-state index contributed by atoms with van der Waals surface area (Å²) in [6, 6.07) is 4.92. The highest BCUT2D eigenvalue weighted by Gasteiger charge is 2.21. The van der Waals surface area contributed by atoms with Crippen molar-refractivity contribution in [2.24, 2.45) is 0 Å². The van der Waals surface area contributed by atoms with Gasteiger partial charge in [0.25, 0.3) is 0 Å². The first-order valence-electron chi connectivity index (χ1n) is 6.78. The number of carbonyl (C=O) groups is 2. The van der Waals surface area contributed by atoms with Crippen LogP contribution in [0.4, 0.5) is 10.5 Å². The van der Waals surface area contributed by atoms with Crippen molar-refractivity contribution in [3.05, 3.63) is 29.3 Å². The third-order valence-corrected chi connectivity index (χ3v) is 2.75. The van der Waals surface area contributed by atoms with Crippen molar-refractivity contribution in [2.45, 2.75) is 52.6 Å². The molecule has 5 heteroatoms. The van der Waals surface area contributed by atoms with Gasteiger partial charge in [0.15, 0.2) is 0 Å². The molecule has 1 aromatic carbocycles. The van der Waals surface area contributed by atoms with Gasteiger partial charge in [-0.25, -0.2) is 9.59 Å². The molecule has 0 aromatic heterocycles. The molecule has 1 aromatic rings. The molecule has 0 aliphatic rings. The van der Waals surface area contributed by atoms with Crippen LogP contribution in [-0.2, 0) is 10.2 Å². The summed E-state index contributed by atoms with van der Waals surface area (Å²) in [5.41, 5.74) is 0.410. The predicted molar refractivity (Wildman–Crippen MR) is 82.0 cm³/mol. The number of nitrogens with one attached hydrogen (secondary N) is 1. The number of hydrogen-bond acceptors (Lipinski definition) is 3. The van der Waals surface area contributed by atoms with Crippen molar-refractivity contribution in [3.8, 4) is 0 Å². The number of anilines is 1. The normalized spacial score (nSPS) is 11.9. The van der Waals surface area contributed by atoms with Gasteiger partial charge in [-0.3, -0.25) is 5.32 Å². The van der Waals surface area contributed by atoms with Crippen molar-refractivity contribution in [1.29, 1.82) is 0 Å². The zero-order valence-corrected chi connectivity index (χ0v) is 13.4. The molecule has 0 radical (unpaired) electrons. The van der Waals surface area contributed by atoms with E-state index in [4.69, 9.17) is 4.74 Å². The van der Waals surface area contributed by atoms with Gasteiger partial charge in [-0.1, -0.05) is 26.8 Å². The van der Waals surface area contributed by atoms with Crippen molar-refractivity contribution in [3.63, 3.8) is 0 Å². The smallest absolute Gasteiger partial charge is 0.412 e. The molecule has 0 spiro atoms. The van der Waals surface area contributed by atoms with Crippen LogP contribution in [0.1, 0.15) is 57.5 Å². The number of ether oxygens (including phenoxy) is 1. The van der Waals surface area contributed by atoms with Crippen molar-refractivity contribution in [1.82, 2.24) is 0 Å². The Morgan fingerprint density at radius 3 is 2.10 bits per heavy atom. The van der Waals surface area contributed by atoms with E-state index in [1.807, 2.05) is 20.8 Å². The number of hydrogen-bond donors (Lipinski definition) is 2. The van der Waals surface area contributed by atoms with Crippen molar-refractivity contribution < 1.29 is 19.4 Å². The molecule has 0 fully saturated rings. The number of rotatable bonds is 2. The minimum Gasteiger partial charge on any atom is -0.478 e. The summed E-state index contributed by atoms with van der Waals surface area (Å²) < 4.78 is 5.16. The van der Waals surface area contributed by atoms with E-state index in [9.17, 15) is 14.7 Å². The number of carboxylic acids is 1. The fourth-order valence-electron chi connectivity index (χ4n) is 1.71. The Bertz CT molecular complexity index is 550. The molecule has 21 heavy (non-hydrogen) atoms. The van der Waals surface area contributed by atoms with Gasteiger partial charge in [-0.15, -0.1) is 0 Å². The largest absolute Gasteiger partial charge is 0.478 e. The first-order valence-corrected chi connectivity index (χ1v) is 6.78. The monoisotopic (exact) mass is 293 g/mol. The summed E-state index contributed by atoms with van der Waals surface area (Å²) in [5.74, 6) is -1.10. The summed E-state index contributed by atoms with van der Waals surface area (Å²) in [6.07, 6.45) is -0.670. The lowest BCUT2D eigenvalue weighted by molar-refractivity contribution is 0.0636. The van der Waals surface area contributed by atoms with Crippen molar-refractivity contribution >= 4 is 17.7 Å². The van der Waals surface area contributed by atoms with Crippen LogP contribution in [0.25, 0.3) is 0 Å². The van der Waals surface area contributed by atoms with E-state index in [0.717, 1.165) is 5.56 Å². The molecule has 116 valence electrons. The van der Waals surface area contributed by atoms with E-state index in [-0.39, 0.29) is 16.7 Å². The highest BCUT2D eigenvalue weighted by atomic mass is 16.6. The molecule has 2 N–H and O–H groups in total. The van der Waals surface area contributed by atoms with Gasteiger partial charge in [-0.05, 0) is 43.9 Å². The topological polar surface area (TPSA) is 75.6 Å². The number of aromatic carboxylic acids is 1. The summed E-state index contributed by atoms with van der Waals surface area (Å²) in [7, 11) is 0. The maximum Gasteiger partial charge on any atom is 0.412 e. The van der Waals surface area contributed by atoms with Crippen LogP contribution in [0, 0.1) is 0 Å². The second-order valence-electron chi connectivity index (χ2n) is 6.94. The van der Waals surface area contributed by atoms with E-state index in [0.29, 0.717) is 0 Å². The molecule has 0 aliphatic heterocycles. The molecular formula is C16H23NO4. The molecule has 0 heterocycles. The summed E-state index contributed by atoms with van der Waals surface area (Å²) in [5, 5.41) is 11.7. The Kier molecular flexibility index (Phi) is 4.66. The van der Waals surface area contributed by atoms with E-state index in [1.54, 1.807) is 32.9 Å². The second-order valence-corrected chi connectivity index (χ2v) is 6.94. The maximum atomic E-state index is 11.8. The van der Waals surface area contributed by atoms with Gasteiger partial charge < -0.3 is 9.84 Å². The molecule has 0 saturated heterocycles. The van der Waals surface area contributed by atoms with E-state index >= 15 is 0 Å². The van der Waals surface area contributed by atoms with Crippen LogP contribution < -0.4 is 5.32 Å². The van der Waals surface area contributed by atoms with E-state index in [2.05, 4.69) is 5.32 Å². The predicted octanol–water partition coefficient (Wildman–Crippen LogP) is 4.03. The summed E-state index contributed by atoms with van der Waals surface area (Å²) >= 11 is 0. The number of carboxylic acid groups (broad SMARTS) is 1. The lowest BCUT2D eigenvalue weighted by atomic mass is 9.86. The summed E-state index contributed by atoms with van der Waals surface area (Å²) in [6.45, 7) is 11.3. The molecule has 1 amide bonds. The minimum atomic E-state index is -1.10. The van der Waals surface area contributed by atoms with E-state index < -0.39 is 17.7 Å². The van der Waals surface area contributed by atoms with Gasteiger partial charge in [0.05, 0.1) is 11.3 Å². The molecule has 0 unspecified atom stereocenters. The molecule has 0 aliphatic carbocycles. The van der Waals surface area contributed by atoms with Crippen LogP contribution in [0.15, 0.2) is 18.2 Å². The molecule has 0 saturated carbocycles. The fraction of sp³-hybridized carbons (Fsp3) is 0.500. The average molecular weight is 293 g/mol. The number of benzene rings is 1. The van der Waals surface area contributed by atoms with Gasteiger partial charge >= 0.3 is 12.1 Å². The van der Waals surface area contributed by atoms with Gasteiger partial charge in [0, 0.05) is 0 Å². The van der Waals surface area contributed by atoms with Crippen molar-refractivity contribution in [2.75, 3.05) is 5.32 Å². The van der Waals surface area contributed by atoms with Gasteiger partial charge in [-0.2, -0.15) is 0 Å². The van der Waals surface area contributed by atoms with Crippen LogP contribution in [-0.4, -0.2) is 22.8 Å². The third-order valence-electron chi connectivity index (χ3n) is 2.75. The van der Waals surface area contributed by atoms with Crippen LogP contribution in [0.5, 0.6) is 0 Å². The third kappa shape index (κ3) is 5.10. The number of carbonyl (C=O) groups excluding carboxylic acids is 1. The first-order chi connectivity index (χ1) is 9.40. The second kappa shape index (κ2) is 5.76. The van der Waals surface area contributed by atoms with Gasteiger partial charge in [0.2, 0.25) is 0 Å². The average Bonchev–Trinajstić information content (AvgIpc) is 2.24. The van der Waals surface area contributed by atoms with Crippen LogP contribution >= 0.6 is 0 Å². The van der Waals surface area contributed by atoms with E-state index in [1.165, 1.54) is 6.07 Å². The molecular weight excluding hydrogens is 270 g/mol. The molecule has 0 bridgehead atoms. The number of amides is 1.